The molecule has 9 heteroatoms. The highest BCUT2D eigenvalue weighted by atomic mass is 32.2. The average Bonchev–Trinajstić information content (AvgIpc) is 2.84. The molecule has 4 rings (SSSR count). The molecule has 0 aliphatic heterocycles. The second-order valence-electron chi connectivity index (χ2n) is 6.79. The number of sulfonamides is 1. The van der Waals surface area contributed by atoms with E-state index in [1.807, 2.05) is 30.3 Å². The van der Waals surface area contributed by atoms with Crippen LogP contribution < -0.4 is 9.46 Å². The number of anilines is 1. The van der Waals surface area contributed by atoms with Gasteiger partial charge in [-0.05, 0) is 24.3 Å². The van der Waals surface area contributed by atoms with Crippen molar-refractivity contribution in [2.24, 2.45) is 0 Å². The number of nitrogens with zero attached hydrogens (tertiary/aromatic N) is 2. The number of rotatable bonds is 7. The molecule has 3 aromatic carbocycles. The van der Waals surface area contributed by atoms with Crippen LogP contribution in [0.25, 0.3) is 11.3 Å². The first kappa shape index (κ1) is 22.0. The largest absolute Gasteiger partial charge is 0.465 e. The van der Waals surface area contributed by atoms with Gasteiger partial charge in [-0.2, -0.15) is 4.98 Å². The maximum atomic E-state index is 12.8. The fraction of sp³-hybridized carbons (Fsp3) is 0.0417. The molecule has 0 saturated carbocycles. The minimum atomic E-state index is -3.93. The second kappa shape index (κ2) is 9.49. The number of ether oxygens (including phenoxy) is 2. The first-order valence-corrected chi connectivity index (χ1v) is 11.3. The van der Waals surface area contributed by atoms with Crippen LogP contribution in [0.15, 0.2) is 95.9 Å². The van der Waals surface area contributed by atoms with Crippen LogP contribution >= 0.6 is 0 Å². The molecule has 0 aliphatic rings. The van der Waals surface area contributed by atoms with E-state index in [0.29, 0.717) is 5.69 Å². The van der Waals surface area contributed by atoms with Crippen molar-refractivity contribution in [3.05, 3.63) is 96.6 Å². The van der Waals surface area contributed by atoms with Gasteiger partial charge in [0.1, 0.15) is 11.3 Å². The molecular formula is C24H19N3O5S. The van der Waals surface area contributed by atoms with Crippen LogP contribution in [0.4, 0.5) is 5.95 Å². The van der Waals surface area contributed by atoms with E-state index >= 15 is 0 Å². The summed E-state index contributed by atoms with van der Waals surface area (Å²) < 4.78 is 38.7. The highest BCUT2D eigenvalue weighted by molar-refractivity contribution is 7.92. The summed E-state index contributed by atoms with van der Waals surface area (Å²) in [4.78, 5) is 20.7. The predicted molar refractivity (Wildman–Crippen MR) is 123 cm³/mol. The Labute approximate surface area is 190 Å². The lowest BCUT2D eigenvalue weighted by Gasteiger charge is -2.13. The van der Waals surface area contributed by atoms with Crippen LogP contribution in [-0.2, 0) is 14.8 Å². The van der Waals surface area contributed by atoms with Crippen molar-refractivity contribution in [2.75, 3.05) is 11.8 Å². The maximum absolute atomic E-state index is 12.8. The van der Waals surface area contributed by atoms with E-state index in [1.54, 1.807) is 48.5 Å². The predicted octanol–water partition coefficient (Wildman–Crippen LogP) is 4.52. The van der Waals surface area contributed by atoms with E-state index < -0.39 is 16.0 Å². The standard InChI is InChI=1S/C24H19N3O5S/c1-31-23(28)19-14-8-9-15-21(19)32-22-16-20(17-10-4-2-5-11-17)25-24(26-22)27-33(29,30)18-12-6-3-7-13-18/h2-16H,1H3,(H,25,26,27). The molecule has 1 aromatic heterocycles. The molecule has 0 aliphatic carbocycles. The number of aromatic nitrogens is 2. The van der Waals surface area contributed by atoms with Crippen molar-refractivity contribution in [3.8, 4) is 22.9 Å². The Balaban J connectivity index is 1.76. The summed E-state index contributed by atoms with van der Waals surface area (Å²) in [6.07, 6.45) is 0. The molecule has 0 fully saturated rings. The lowest BCUT2D eigenvalue weighted by molar-refractivity contribution is 0.0598. The molecular weight excluding hydrogens is 442 g/mol. The fourth-order valence-electron chi connectivity index (χ4n) is 3.01. The molecule has 0 spiro atoms. The number of carbonyl (C=O) groups excluding carboxylic acids is 1. The van der Waals surface area contributed by atoms with E-state index in [2.05, 4.69) is 14.7 Å². The molecule has 1 heterocycles. The molecule has 0 radical (unpaired) electrons. The number of carbonyl (C=O) groups is 1. The minimum absolute atomic E-state index is 0.0472. The number of hydrogen-bond donors (Lipinski definition) is 1. The van der Waals surface area contributed by atoms with Crippen LogP contribution in [0, 0.1) is 0 Å². The van der Waals surface area contributed by atoms with Crippen LogP contribution in [0.1, 0.15) is 10.4 Å². The van der Waals surface area contributed by atoms with E-state index in [4.69, 9.17) is 9.47 Å². The van der Waals surface area contributed by atoms with Gasteiger partial charge in [-0.25, -0.2) is 22.9 Å². The highest BCUT2D eigenvalue weighted by Crippen LogP contribution is 2.29. The molecule has 0 saturated heterocycles. The Morgan fingerprint density at radius 2 is 1.48 bits per heavy atom. The Kier molecular flexibility index (Phi) is 6.32. The molecule has 0 bridgehead atoms. The molecule has 8 nitrogen and oxygen atoms in total. The first-order chi connectivity index (χ1) is 16.0. The Morgan fingerprint density at radius 1 is 0.848 bits per heavy atom. The summed E-state index contributed by atoms with van der Waals surface area (Å²) in [6.45, 7) is 0. The lowest BCUT2D eigenvalue weighted by atomic mass is 10.1. The van der Waals surface area contributed by atoms with Crippen molar-refractivity contribution >= 4 is 21.9 Å². The maximum Gasteiger partial charge on any atom is 0.341 e. The van der Waals surface area contributed by atoms with Gasteiger partial charge in [0, 0.05) is 11.6 Å². The minimum Gasteiger partial charge on any atom is -0.465 e. The van der Waals surface area contributed by atoms with Gasteiger partial charge in [0.25, 0.3) is 10.0 Å². The average molecular weight is 461 g/mol. The lowest BCUT2D eigenvalue weighted by Crippen LogP contribution is -2.15. The van der Waals surface area contributed by atoms with Crippen LogP contribution in [0.3, 0.4) is 0 Å². The van der Waals surface area contributed by atoms with Crippen molar-refractivity contribution in [3.63, 3.8) is 0 Å². The van der Waals surface area contributed by atoms with Crippen LogP contribution in [0.5, 0.6) is 11.6 Å². The quantitative estimate of drug-likeness (QED) is 0.403. The Bertz CT molecular complexity index is 1380. The van der Waals surface area contributed by atoms with Gasteiger partial charge in [0.2, 0.25) is 11.8 Å². The van der Waals surface area contributed by atoms with Crippen molar-refractivity contribution in [2.45, 2.75) is 4.90 Å². The molecule has 1 N–H and O–H groups in total. The Morgan fingerprint density at radius 3 is 2.18 bits per heavy atom. The van der Waals surface area contributed by atoms with Crippen molar-refractivity contribution in [1.29, 1.82) is 0 Å². The summed E-state index contributed by atoms with van der Waals surface area (Å²) in [6, 6.07) is 25.1. The van der Waals surface area contributed by atoms with E-state index in [0.717, 1.165) is 5.56 Å². The summed E-state index contributed by atoms with van der Waals surface area (Å²) in [5, 5.41) is 0. The Hall–Kier alpha value is -4.24. The highest BCUT2D eigenvalue weighted by Gasteiger charge is 2.19. The molecule has 33 heavy (non-hydrogen) atoms. The van der Waals surface area contributed by atoms with Crippen molar-refractivity contribution < 1.29 is 22.7 Å². The number of para-hydroxylation sites is 1. The zero-order chi connectivity index (χ0) is 23.3. The number of esters is 1. The summed E-state index contributed by atoms with van der Waals surface area (Å²) in [5.41, 5.74) is 1.36. The summed E-state index contributed by atoms with van der Waals surface area (Å²) >= 11 is 0. The van der Waals surface area contributed by atoms with Crippen LogP contribution in [-0.4, -0.2) is 31.5 Å². The molecule has 0 amide bonds. The fourth-order valence-corrected chi connectivity index (χ4v) is 3.97. The zero-order valence-corrected chi connectivity index (χ0v) is 18.3. The van der Waals surface area contributed by atoms with E-state index in [9.17, 15) is 13.2 Å². The third-order valence-corrected chi connectivity index (χ3v) is 5.90. The number of hydrogen-bond acceptors (Lipinski definition) is 7. The van der Waals surface area contributed by atoms with Gasteiger partial charge in [-0.15, -0.1) is 0 Å². The van der Waals surface area contributed by atoms with Gasteiger partial charge >= 0.3 is 5.97 Å². The number of methoxy groups -OCH3 is 1. The second-order valence-corrected chi connectivity index (χ2v) is 8.47. The molecule has 166 valence electrons. The zero-order valence-electron chi connectivity index (χ0n) is 17.5. The van der Waals surface area contributed by atoms with Gasteiger partial charge < -0.3 is 9.47 Å². The SMILES string of the molecule is COC(=O)c1ccccc1Oc1cc(-c2ccccc2)nc(NS(=O)(=O)c2ccccc2)n1. The van der Waals surface area contributed by atoms with E-state index in [-0.39, 0.29) is 28.0 Å². The molecule has 4 aromatic rings. The van der Waals surface area contributed by atoms with Gasteiger partial charge in [-0.1, -0.05) is 60.7 Å². The van der Waals surface area contributed by atoms with E-state index in [1.165, 1.54) is 19.2 Å². The topological polar surface area (TPSA) is 107 Å². The normalized spacial score (nSPS) is 10.9. The number of benzene rings is 3. The molecule has 0 atom stereocenters. The van der Waals surface area contributed by atoms with Gasteiger partial charge in [-0.3, -0.25) is 0 Å². The van der Waals surface area contributed by atoms with Crippen molar-refractivity contribution in [1.82, 2.24) is 9.97 Å². The third-order valence-electron chi connectivity index (χ3n) is 4.56. The smallest absolute Gasteiger partial charge is 0.341 e. The van der Waals surface area contributed by atoms with Crippen LogP contribution in [0.2, 0.25) is 0 Å². The van der Waals surface area contributed by atoms with Gasteiger partial charge in [0.15, 0.2) is 0 Å². The first-order valence-electron chi connectivity index (χ1n) is 9.84. The monoisotopic (exact) mass is 461 g/mol. The van der Waals surface area contributed by atoms with Gasteiger partial charge in [0.05, 0.1) is 17.7 Å². The summed E-state index contributed by atoms with van der Waals surface area (Å²) in [7, 11) is -2.66. The number of nitrogens with one attached hydrogen (secondary N) is 1. The summed E-state index contributed by atoms with van der Waals surface area (Å²) in [5.74, 6) is -0.497. The third kappa shape index (κ3) is 5.16. The molecule has 0 unspecified atom stereocenters.